The molecule has 28 heavy (non-hydrogen) atoms. The molecule has 2 heterocycles. The number of fused-ring (bicyclic) bond motifs is 3. The van der Waals surface area contributed by atoms with Crippen molar-refractivity contribution in [2.24, 2.45) is 0 Å². The van der Waals surface area contributed by atoms with Crippen molar-refractivity contribution in [3.63, 3.8) is 0 Å². The van der Waals surface area contributed by atoms with Crippen LogP contribution in [-0.2, 0) is 11.2 Å². The second kappa shape index (κ2) is 7.47. The number of pyridine rings is 1. The summed E-state index contributed by atoms with van der Waals surface area (Å²) in [5.74, 6) is 0.387. The molecule has 2 aromatic heterocycles. The van der Waals surface area contributed by atoms with Crippen LogP contribution in [-0.4, -0.2) is 15.9 Å². The largest absolute Gasteiger partial charge is 0.353 e. The van der Waals surface area contributed by atoms with E-state index in [0.717, 1.165) is 33.4 Å². The van der Waals surface area contributed by atoms with Gasteiger partial charge in [-0.2, -0.15) is 0 Å². The number of amides is 1. The number of rotatable bonds is 5. The highest BCUT2D eigenvalue weighted by Gasteiger charge is 2.13. The van der Waals surface area contributed by atoms with Gasteiger partial charge in [0.05, 0.1) is 11.7 Å². The highest BCUT2D eigenvalue weighted by Crippen LogP contribution is 2.28. The SMILES string of the molecule is Cc1cccc(C(C)C)c1NC(=O)CCc1cc2c(cn1)[nH]c1ccccc12. The summed E-state index contributed by atoms with van der Waals surface area (Å²) in [5.41, 5.74) is 6.28. The second-order valence-electron chi connectivity index (χ2n) is 7.63. The van der Waals surface area contributed by atoms with Crippen LogP contribution in [0, 0.1) is 6.92 Å². The maximum atomic E-state index is 12.6. The lowest BCUT2D eigenvalue weighted by atomic mass is 9.98. The zero-order chi connectivity index (χ0) is 19.7. The van der Waals surface area contributed by atoms with Gasteiger partial charge in [-0.3, -0.25) is 9.78 Å². The molecule has 0 saturated heterocycles. The molecule has 0 atom stereocenters. The average molecular weight is 371 g/mol. The third kappa shape index (κ3) is 3.50. The van der Waals surface area contributed by atoms with Gasteiger partial charge >= 0.3 is 0 Å². The summed E-state index contributed by atoms with van der Waals surface area (Å²) >= 11 is 0. The Hall–Kier alpha value is -3.14. The number of anilines is 1. The van der Waals surface area contributed by atoms with Gasteiger partial charge in [-0.05, 0) is 42.5 Å². The predicted molar refractivity (Wildman–Crippen MR) is 116 cm³/mol. The zero-order valence-corrected chi connectivity index (χ0v) is 16.5. The van der Waals surface area contributed by atoms with Crippen molar-refractivity contribution in [3.8, 4) is 0 Å². The normalized spacial score (nSPS) is 11.4. The summed E-state index contributed by atoms with van der Waals surface area (Å²) in [5, 5.41) is 5.46. The zero-order valence-electron chi connectivity index (χ0n) is 16.5. The van der Waals surface area contributed by atoms with Crippen LogP contribution in [0.1, 0.15) is 43.0 Å². The van der Waals surface area contributed by atoms with Gasteiger partial charge in [0.1, 0.15) is 0 Å². The minimum Gasteiger partial charge on any atom is -0.353 e. The second-order valence-corrected chi connectivity index (χ2v) is 7.63. The maximum Gasteiger partial charge on any atom is 0.224 e. The third-order valence-electron chi connectivity index (χ3n) is 5.25. The first kappa shape index (κ1) is 18.2. The van der Waals surface area contributed by atoms with Crippen LogP contribution < -0.4 is 5.32 Å². The molecule has 0 spiro atoms. The Bertz CT molecular complexity index is 1160. The van der Waals surface area contributed by atoms with E-state index in [0.29, 0.717) is 18.8 Å². The van der Waals surface area contributed by atoms with Crippen LogP contribution in [0.5, 0.6) is 0 Å². The number of aryl methyl sites for hydroxylation is 2. The first-order valence-corrected chi connectivity index (χ1v) is 9.77. The summed E-state index contributed by atoms with van der Waals surface area (Å²) in [6, 6.07) is 16.5. The van der Waals surface area contributed by atoms with Crippen molar-refractivity contribution < 1.29 is 4.79 Å². The van der Waals surface area contributed by atoms with Crippen molar-refractivity contribution in [3.05, 3.63) is 71.5 Å². The van der Waals surface area contributed by atoms with Crippen molar-refractivity contribution in [2.45, 2.75) is 39.5 Å². The molecule has 4 rings (SSSR count). The van der Waals surface area contributed by atoms with Crippen LogP contribution in [0.25, 0.3) is 21.8 Å². The Morgan fingerprint density at radius 3 is 2.71 bits per heavy atom. The Balaban J connectivity index is 1.50. The number of aromatic amines is 1. The van der Waals surface area contributed by atoms with Crippen molar-refractivity contribution in [2.75, 3.05) is 5.32 Å². The molecule has 0 aliphatic carbocycles. The number of hydrogen-bond acceptors (Lipinski definition) is 2. The van der Waals surface area contributed by atoms with Crippen molar-refractivity contribution >= 4 is 33.4 Å². The van der Waals surface area contributed by atoms with E-state index in [2.05, 4.69) is 53.4 Å². The molecule has 4 nitrogen and oxygen atoms in total. The molecule has 2 N–H and O–H groups in total. The molecule has 2 aromatic carbocycles. The smallest absolute Gasteiger partial charge is 0.224 e. The van der Waals surface area contributed by atoms with Gasteiger partial charge in [-0.15, -0.1) is 0 Å². The molecule has 0 aliphatic heterocycles. The minimum absolute atomic E-state index is 0.0250. The molecule has 4 heteroatoms. The van der Waals surface area contributed by atoms with Crippen LogP contribution in [0.4, 0.5) is 5.69 Å². The Labute approximate surface area is 165 Å². The molecule has 142 valence electrons. The highest BCUT2D eigenvalue weighted by molar-refractivity contribution is 6.07. The Morgan fingerprint density at radius 2 is 1.89 bits per heavy atom. The summed E-state index contributed by atoms with van der Waals surface area (Å²) in [4.78, 5) is 20.5. The Morgan fingerprint density at radius 1 is 1.07 bits per heavy atom. The van der Waals surface area contributed by atoms with Crippen molar-refractivity contribution in [1.29, 1.82) is 0 Å². The van der Waals surface area contributed by atoms with Crippen LogP contribution in [0.2, 0.25) is 0 Å². The van der Waals surface area contributed by atoms with E-state index in [9.17, 15) is 4.79 Å². The maximum absolute atomic E-state index is 12.6. The fourth-order valence-corrected chi connectivity index (χ4v) is 3.72. The quantitative estimate of drug-likeness (QED) is 0.471. The van der Waals surface area contributed by atoms with E-state index < -0.39 is 0 Å². The molecule has 0 saturated carbocycles. The number of carbonyl (C=O) groups is 1. The van der Waals surface area contributed by atoms with Gasteiger partial charge in [0, 0.05) is 34.1 Å². The van der Waals surface area contributed by atoms with Gasteiger partial charge in [-0.1, -0.05) is 50.2 Å². The molecule has 0 radical (unpaired) electrons. The van der Waals surface area contributed by atoms with E-state index in [1.54, 1.807) is 0 Å². The average Bonchev–Trinajstić information content (AvgIpc) is 3.05. The van der Waals surface area contributed by atoms with Crippen molar-refractivity contribution in [1.82, 2.24) is 9.97 Å². The molecule has 0 unspecified atom stereocenters. The third-order valence-corrected chi connectivity index (χ3v) is 5.25. The van der Waals surface area contributed by atoms with E-state index >= 15 is 0 Å². The van der Waals surface area contributed by atoms with Gasteiger partial charge in [0.15, 0.2) is 0 Å². The summed E-state index contributed by atoms with van der Waals surface area (Å²) < 4.78 is 0. The molecule has 1 amide bonds. The number of para-hydroxylation sites is 2. The van der Waals surface area contributed by atoms with E-state index in [4.69, 9.17) is 0 Å². The molecular weight excluding hydrogens is 346 g/mol. The standard InChI is InChI=1S/C24H25N3O/c1-15(2)18-9-6-7-16(3)24(18)27-23(28)12-11-17-13-20-19-8-4-5-10-21(19)26-22(20)14-25-17/h4-10,13-15,26H,11-12H2,1-3H3,(H,27,28). The topological polar surface area (TPSA) is 57.8 Å². The minimum atomic E-state index is 0.0250. The van der Waals surface area contributed by atoms with Crippen LogP contribution >= 0.6 is 0 Å². The summed E-state index contributed by atoms with van der Waals surface area (Å²) in [7, 11) is 0. The highest BCUT2D eigenvalue weighted by atomic mass is 16.1. The number of H-pyrrole nitrogens is 1. The van der Waals surface area contributed by atoms with E-state index in [1.165, 1.54) is 10.9 Å². The summed E-state index contributed by atoms with van der Waals surface area (Å²) in [6.45, 7) is 6.32. The van der Waals surface area contributed by atoms with Gasteiger partial charge in [-0.25, -0.2) is 0 Å². The fraction of sp³-hybridized carbons (Fsp3) is 0.250. The molecule has 0 fully saturated rings. The molecular formula is C24H25N3O. The number of nitrogens with zero attached hydrogens (tertiary/aromatic N) is 1. The number of benzene rings is 2. The first-order chi connectivity index (χ1) is 13.5. The predicted octanol–water partition coefficient (Wildman–Crippen LogP) is 5.72. The lowest BCUT2D eigenvalue weighted by molar-refractivity contribution is -0.116. The number of aromatic nitrogens is 2. The van der Waals surface area contributed by atoms with E-state index in [-0.39, 0.29) is 5.91 Å². The van der Waals surface area contributed by atoms with Crippen LogP contribution in [0.3, 0.4) is 0 Å². The lowest BCUT2D eigenvalue weighted by Crippen LogP contribution is -2.15. The van der Waals surface area contributed by atoms with Gasteiger partial charge in [0.25, 0.3) is 0 Å². The van der Waals surface area contributed by atoms with Crippen LogP contribution in [0.15, 0.2) is 54.7 Å². The number of hydrogen-bond donors (Lipinski definition) is 2. The van der Waals surface area contributed by atoms with E-state index in [1.807, 2.05) is 37.4 Å². The fourth-order valence-electron chi connectivity index (χ4n) is 3.72. The molecule has 0 aliphatic rings. The molecule has 0 bridgehead atoms. The Kier molecular flexibility index (Phi) is 4.86. The van der Waals surface area contributed by atoms with Gasteiger partial charge in [0.2, 0.25) is 5.91 Å². The summed E-state index contributed by atoms with van der Waals surface area (Å²) in [6.07, 6.45) is 2.89. The molecule has 4 aromatic rings. The van der Waals surface area contributed by atoms with Gasteiger partial charge < -0.3 is 10.3 Å². The number of carbonyl (C=O) groups excluding carboxylic acids is 1. The first-order valence-electron chi connectivity index (χ1n) is 9.77. The lowest BCUT2D eigenvalue weighted by Gasteiger charge is -2.16. The monoisotopic (exact) mass is 371 g/mol. The number of nitrogens with one attached hydrogen (secondary N) is 2.